The first kappa shape index (κ1) is 15.0. The number of non-ortho nitro benzene ring substituents is 1. The number of benzene rings is 1. The summed E-state index contributed by atoms with van der Waals surface area (Å²) in [5.74, 6) is 1.78. The van der Waals surface area contributed by atoms with Crippen LogP contribution in [0.5, 0.6) is 0 Å². The van der Waals surface area contributed by atoms with Gasteiger partial charge in [-0.15, -0.1) is 0 Å². The molecule has 1 aromatic carbocycles. The van der Waals surface area contributed by atoms with Crippen LogP contribution in [0.2, 0.25) is 0 Å². The number of aromatic nitrogens is 2. The van der Waals surface area contributed by atoms with Gasteiger partial charge >= 0.3 is 0 Å². The lowest BCUT2D eigenvalue weighted by Gasteiger charge is -2.56. The van der Waals surface area contributed by atoms with Gasteiger partial charge in [-0.1, -0.05) is 12.1 Å². The number of nitro benzene ring substituents is 1. The molecule has 3 saturated heterocycles. The summed E-state index contributed by atoms with van der Waals surface area (Å²) in [5, 5.41) is 10.9. The fourth-order valence-corrected chi connectivity index (χ4v) is 3.73. The number of fused-ring (bicyclic) bond motifs is 2. The maximum absolute atomic E-state index is 10.9. The third-order valence-electron chi connectivity index (χ3n) is 4.92. The molecule has 0 aliphatic carbocycles. The Morgan fingerprint density at radius 3 is 2.79 bits per heavy atom. The third kappa shape index (κ3) is 2.71. The molecular formula is C17H19N5O2. The van der Waals surface area contributed by atoms with E-state index in [0.29, 0.717) is 12.1 Å². The highest BCUT2D eigenvalue weighted by atomic mass is 16.6. The molecule has 2 bridgehead atoms. The average molecular weight is 325 g/mol. The monoisotopic (exact) mass is 325 g/mol. The number of piperidine rings is 1. The van der Waals surface area contributed by atoms with E-state index in [1.165, 1.54) is 6.42 Å². The quantitative estimate of drug-likeness (QED) is 0.633. The fraction of sp³-hybridized carbons (Fsp3) is 0.412. The maximum Gasteiger partial charge on any atom is 0.269 e. The molecule has 124 valence electrons. The molecule has 0 saturated carbocycles. The van der Waals surface area contributed by atoms with Gasteiger partial charge in [-0.3, -0.25) is 15.0 Å². The smallest absolute Gasteiger partial charge is 0.269 e. The number of nitro groups is 1. The van der Waals surface area contributed by atoms with Crippen LogP contribution in [0.3, 0.4) is 0 Å². The number of hydrogen-bond acceptors (Lipinski definition) is 6. The van der Waals surface area contributed by atoms with Crippen molar-refractivity contribution >= 4 is 11.5 Å². The molecule has 5 rings (SSSR count). The van der Waals surface area contributed by atoms with Gasteiger partial charge in [0.25, 0.3) is 5.69 Å². The van der Waals surface area contributed by atoms with Crippen molar-refractivity contribution < 1.29 is 4.92 Å². The van der Waals surface area contributed by atoms with Gasteiger partial charge in [0, 0.05) is 50.0 Å². The van der Waals surface area contributed by atoms with Gasteiger partial charge in [0.1, 0.15) is 11.6 Å². The molecule has 0 N–H and O–H groups in total. The minimum atomic E-state index is -0.334. The summed E-state index contributed by atoms with van der Waals surface area (Å²) in [6.45, 7) is 4.57. The molecule has 2 atom stereocenters. The SMILES string of the molecule is Cc1nccc(N2CC3CC(C2)N3Cc2cccc([N+](=O)[O-])c2)n1. The van der Waals surface area contributed by atoms with Crippen LogP contribution >= 0.6 is 0 Å². The molecule has 3 aliphatic heterocycles. The normalized spacial score (nSPS) is 23.0. The Balaban J connectivity index is 1.44. The topological polar surface area (TPSA) is 75.4 Å². The first-order valence-corrected chi connectivity index (χ1v) is 8.14. The van der Waals surface area contributed by atoms with Crippen molar-refractivity contribution in [2.24, 2.45) is 0 Å². The zero-order valence-corrected chi connectivity index (χ0v) is 13.5. The van der Waals surface area contributed by atoms with Crippen LogP contribution in [-0.2, 0) is 6.54 Å². The summed E-state index contributed by atoms with van der Waals surface area (Å²) < 4.78 is 0. The van der Waals surface area contributed by atoms with Crippen LogP contribution in [0, 0.1) is 17.0 Å². The predicted octanol–water partition coefficient (Wildman–Crippen LogP) is 2.16. The van der Waals surface area contributed by atoms with Gasteiger partial charge in [-0.25, -0.2) is 9.97 Å². The van der Waals surface area contributed by atoms with Gasteiger partial charge in [-0.05, 0) is 25.0 Å². The summed E-state index contributed by atoms with van der Waals surface area (Å²) in [4.78, 5) is 24.0. The third-order valence-corrected chi connectivity index (χ3v) is 4.92. The molecule has 7 heteroatoms. The number of aryl methyl sites for hydroxylation is 1. The Morgan fingerprint density at radius 2 is 2.08 bits per heavy atom. The van der Waals surface area contributed by atoms with Gasteiger partial charge in [0.15, 0.2) is 0 Å². The maximum atomic E-state index is 10.9. The first-order valence-electron chi connectivity index (χ1n) is 8.14. The second kappa shape index (κ2) is 5.83. The summed E-state index contributed by atoms with van der Waals surface area (Å²) in [7, 11) is 0. The van der Waals surface area contributed by atoms with Gasteiger partial charge in [0.2, 0.25) is 0 Å². The summed E-state index contributed by atoms with van der Waals surface area (Å²) >= 11 is 0. The molecule has 7 nitrogen and oxygen atoms in total. The van der Waals surface area contributed by atoms with Crippen molar-refractivity contribution in [3.63, 3.8) is 0 Å². The lowest BCUT2D eigenvalue weighted by molar-refractivity contribution is -0.384. The van der Waals surface area contributed by atoms with Gasteiger partial charge in [0.05, 0.1) is 4.92 Å². The van der Waals surface area contributed by atoms with E-state index in [4.69, 9.17) is 0 Å². The molecule has 3 fully saturated rings. The highest BCUT2D eigenvalue weighted by Gasteiger charge is 2.44. The second-order valence-electron chi connectivity index (χ2n) is 6.51. The van der Waals surface area contributed by atoms with Gasteiger partial charge in [-0.2, -0.15) is 0 Å². The Kier molecular flexibility index (Phi) is 3.65. The van der Waals surface area contributed by atoms with E-state index in [1.54, 1.807) is 24.4 Å². The summed E-state index contributed by atoms with van der Waals surface area (Å²) in [6.07, 6.45) is 2.99. The van der Waals surface area contributed by atoms with Crippen LogP contribution in [0.4, 0.5) is 11.5 Å². The molecule has 4 heterocycles. The molecule has 0 amide bonds. The van der Waals surface area contributed by atoms with Crippen molar-refractivity contribution in [3.8, 4) is 0 Å². The minimum absolute atomic E-state index is 0.163. The largest absolute Gasteiger partial charge is 0.353 e. The average Bonchev–Trinajstić information content (AvgIpc) is 2.60. The van der Waals surface area contributed by atoms with Crippen LogP contribution in [0.15, 0.2) is 36.5 Å². The number of hydrogen-bond donors (Lipinski definition) is 0. The highest BCUT2D eigenvalue weighted by Crippen LogP contribution is 2.35. The van der Waals surface area contributed by atoms with Crippen molar-refractivity contribution in [1.29, 1.82) is 0 Å². The van der Waals surface area contributed by atoms with Crippen molar-refractivity contribution in [2.45, 2.75) is 32.0 Å². The van der Waals surface area contributed by atoms with Crippen molar-refractivity contribution in [3.05, 3.63) is 58.0 Å². The lowest BCUT2D eigenvalue weighted by Crippen LogP contribution is -2.68. The predicted molar refractivity (Wildman–Crippen MR) is 89.8 cm³/mol. The Labute approximate surface area is 140 Å². The standard InChI is InChI=1S/C17H19N5O2/c1-12-18-6-5-17(19-12)20-10-15-8-16(11-20)21(15)9-13-3-2-4-14(7-13)22(23)24/h2-7,15-16H,8-11H2,1H3. The molecule has 2 unspecified atom stereocenters. The van der Waals surface area contributed by atoms with Crippen LogP contribution in [0.25, 0.3) is 0 Å². The lowest BCUT2D eigenvalue weighted by atomic mass is 9.86. The number of piperazine rings is 1. The fourth-order valence-electron chi connectivity index (χ4n) is 3.73. The molecule has 24 heavy (non-hydrogen) atoms. The van der Waals surface area contributed by atoms with E-state index in [1.807, 2.05) is 19.1 Å². The number of rotatable bonds is 4. The zero-order valence-electron chi connectivity index (χ0n) is 13.5. The molecule has 1 aromatic heterocycles. The number of anilines is 1. The van der Waals surface area contributed by atoms with E-state index in [0.717, 1.165) is 36.8 Å². The van der Waals surface area contributed by atoms with Crippen LogP contribution < -0.4 is 4.90 Å². The van der Waals surface area contributed by atoms with Crippen molar-refractivity contribution in [1.82, 2.24) is 14.9 Å². The number of nitrogens with zero attached hydrogens (tertiary/aromatic N) is 5. The second-order valence-corrected chi connectivity index (χ2v) is 6.51. The molecule has 2 aromatic rings. The van der Waals surface area contributed by atoms with Crippen LogP contribution in [-0.4, -0.2) is 45.0 Å². The Bertz CT molecular complexity index is 769. The van der Waals surface area contributed by atoms with Crippen molar-refractivity contribution in [2.75, 3.05) is 18.0 Å². The van der Waals surface area contributed by atoms with E-state index >= 15 is 0 Å². The van der Waals surface area contributed by atoms with E-state index in [2.05, 4.69) is 19.8 Å². The summed E-state index contributed by atoms with van der Waals surface area (Å²) in [6, 6.07) is 9.88. The Morgan fingerprint density at radius 1 is 1.29 bits per heavy atom. The molecular weight excluding hydrogens is 306 g/mol. The molecule has 0 spiro atoms. The van der Waals surface area contributed by atoms with Gasteiger partial charge < -0.3 is 4.90 Å². The zero-order chi connectivity index (χ0) is 16.7. The first-order chi connectivity index (χ1) is 11.6. The summed E-state index contributed by atoms with van der Waals surface area (Å²) in [5.41, 5.74) is 1.17. The highest BCUT2D eigenvalue weighted by molar-refractivity contribution is 5.41. The molecule has 3 aliphatic rings. The van der Waals surface area contributed by atoms with E-state index < -0.39 is 0 Å². The minimum Gasteiger partial charge on any atom is -0.353 e. The Hall–Kier alpha value is -2.54. The van der Waals surface area contributed by atoms with E-state index in [-0.39, 0.29) is 10.6 Å². The van der Waals surface area contributed by atoms with E-state index in [9.17, 15) is 10.1 Å². The van der Waals surface area contributed by atoms with Crippen LogP contribution in [0.1, 0.15) is 17.8 Å². The molecule has 0 radical (unpaired) electrons.